The number of hydrogen-bond acceptors (Lipinski definition) is 3. The molecule has 33 heavy (non-hydrogen) atoms. The number of ether oxygens (including phenoxy) is 1. The summed E-state index contributed by atoms with van der Waals surface area (Å²) in [6.07, 6.45) is -0.435. The van der Waals surface area contributed by atoms with Crippen LogP contribution in [0, 0.1) is 0 Å². The molecule has 0 saturated carbocycles. The molecule has 1 aliphatic heterocycles. The SMILES string of the molecule is O=C(c1ccccc1)N1CC(n2c3ccccc3c3ccccc32)OC(c2ccccc2)=N1. The Morgan fingerprint density at radius 3 is 1.91 bits per heavy atom. The van der Waals surface area contributed by atoms with Crippen LogP contribution < -0.4 is 0 Å². The molecular formula is C28H21N3O2. The molecular weight excluding hydrogens is 410 g/mol. The van der Waals surface area contributed by atoms with Crippen molar-refractivity contribution in [1.29, 1.82) is 0 Å². The molecule has 5 aromatic rings. The van der Waals surface area contributed by atoms with Gasteiger partial charge in [-0.1, -0.05) is 72.8 Å². The van der Waals surface area contributed by atoms with Crippen LogP contribution in [0.3, 0.4) is 0 Å². The van der Waals surface area contributed by atoms with Crippen LogP contribution in [-0.2, 0) is 4.74 Å². The van der Waals surface area contributed by atoms with Gasteiger partial charge in [-0.3, -0.25) is 4.79 Å². The third kappa shape index (κ3) is 3.34. The number of nitrogens with zero attached hydrogens (tertiary/aromatic N) is 3. The van der Waals surface area contributed by atoms with E-state index in [0.29, 0.717) is 18.0 Å². The molecule has 0 saturated heterocycles. The second-order valence-electron chi connectivity index (χ2n) is 8.00. The fourth-order valence-electron chi connectivity index (χ4n) is 4.45. The van der Waals surface area contributed by atoms with E-state index in [0.717, 1.165) is 27.4 Å². The molecule has 1 unspecified atom stereocenters. The highest BCUT2D eigenvalue weighted by molar-refractivity contribution is 6.08. The van der Waals surface area contributed by atoms with Gasteiger partial charge < -0.3 is 9.30 Å². The Hall–Kier alpha value is -4.38. The van der Waals surface area contributed by atoms with E-state index in [4.69, 9.17) is 4.74 Å². The molecule has 6 rings (SSSR count). The lowest BCUT2D eigenvalue weighted by atomic mass is 10.2. The number of carbonyl (C=O) groups is 1. The summed E-state index contributed by atoms with van der Waals surface area (Å²) >= 11 is 0. The van der Waals surface area contributed by atoms with Crippen molar-refractivity contribution in [1.82, 2.24) is 9.58 Å². The lowest BCUT2D eigenvalue weighted by Crippen LogP contribution is -2.39. The summed E-state index contributed by atoms with van der Waals surface area (Å²) in [5.41, 5.74) is 3.54. The number of para-hydroxylation sites is 2. The lowest BCUT2D eigenvalue weighted by molar-refractivity contribution is 0.0359. The van der Waals surface area contributed by atoms with Crippen molar-refractivity contribution < 1.29 is 9.53 Å². The largest absolute Gasteiger partial charge is 0.450 e. The van der Waals surface area contributed by atoms with E-state index in [2.05, 4.69) is 33.9 Å². The quantitative estimate of drug-likeness (QED) is 0.361. The maximum Gasteiger partial charge on any atom is 0.274 e. The standard InChI is InChI=1S/C28H21N3O2/c32-28(21-13-5-2-6-14-21)30-19-26(33-27(29-30)20-11-3-1-4-12-20)31-24-17-9-7-15-22(24)23-16-8-10-18-25(23)31/h1-18,26H,19H2. The molecule has 1 atom stereocenters. The first-order valence-electron chi connectivity index (χ1n) is 10.9. The van der Waals surface area contributed by atoms with Crippen molar-refractivity contribution in [3.63, 3.8) is 0 Å². The van der Waals surface area contributed by atoms with Crippen LogP contribution in [0.2, 0.25) is 0 Å². The number of amides is 1. The van der Waals surface area contributed by atoms with Crippen molar-refractivity contribution in [3.8, 4) is 0 Å². The summed E-state index contributed by atoms with van der Waals surface area (Å²) in [6.45, 7) is 0.298. The number of fused-ring (bicyclic) bond motifs is 3. The maximum absolute atomic E-state index is 13.4. The fourth-order valence-corrected chi connectivity index (χ4v) is 4.45. The van der Waals surface area contributed by atoms with Crippen molar-refractivity contribution in [2.75, 3.05) is 6.54 Å². The van der Waals surface area contributed by atoms with Crippen LogP contribution in [0.4, 0.5) is 0 Å². The zero-order chi connectivity index (χ0) is 22.2. The Labute approximate surface area is 191 Å². The summed E-state index contributed by atoms with van der Waals surface area (Å²) in [5, 5.41) is 8.44. The Kier molecular flexibility index (Phi) is 4.65. The monoisotopic (exact) mass is 431 g/mol. The van der Waals surface area contributed by atoms with E-state index in [9.17, 15) is 4.79 Å². The summed E-state index contributed by atoms with van der Waals surface area (Å²) < 4.78 is 8.64. The van der Waals surface area contributed by atoms with Gasteiger partial charge in [0.1, 0.15) is 6.54 Å². The van der Waals surface area contributed by atoms with Crippen molar-refractivity contribution in [2.24, 2.45) is 5.10 Å². The van der Waals surface area contributed by atoms with E-state index in [1.807, 2.05) is 84.9 Å². The van der Waals surface area contributed by atoms with Crippen LogP contribution in [-0.4, -0.2) is 27.9 Å². The lowest BCUT2D eigenvalue weighted by Gasteiger charge is -2.32. The fraction of sp³-hybridized carbons (Fsp3) is 0.0714. The van der Waals surface area contributed by atoms with E-state index in [1.165, 1.54) is 5.01 Å². The topological polar surface area (TPSA) is 46.8 Å². The molecule has 0 bridgehead atoms. The van der Waals surface area contributed by atoms with E-state index < -0.39 is 6.23 Å². The van der Waals surface area contributed by atoms with Crippen LogP contribution in [0.25, 0.3) is 21.8 Å². The van der Waals surface area contributed by atoms with Crippen molar-refractivity contribution >= 4 is 33.6 Å². The first-order chi connectivity index (χ1) is 16.3. The van der Waals surface area contributed by atoms with Gasteiger partial charge in [-0.05, 0) is 36.4 Å². The second-order valence-corrected chi connectivity index (χ2v) is 8.00. The second kappa shape index (κ2) is 7.95. The summed E-state index contributed by atoms with van der Waals surface area (Å²) in [6, 6.07) is 35.5. The summed E-state index contributed by atoms with van der Waals surface area (Å²) in [5.74, 6) is 0.274. The first kappa shape index (κ1) is 19.3. The molecule has 0 radical (unpaired) electrons. The van der Waals surface area contributed by atoms with Crippen LogP contribution in [0.1, 0.15) is 22.1 Å². The molecule has 0 fully saturated rings. The number of carbonyl (C=O) groups excluding carboxylic acids is 1. The Morgan fingerprint density at radius 1 is 0.727 bits per heavy atom. The van der Waals surface area contributed by atoms with Gasteiger partial charge in [0.15, 0.2) is 6.23 Å². The number of rotatable bonds is 3. The summed E-state index contributed by atoms with van der Waals surface area (Å²) in [7, 11) is 0. The molecule has 2 heterocycles. The van der Waals surface area contributed by atoms with Crippen molar-refractivity contribution in [3.05, 3.63) is 120 Å². The van der Waals surface area contributed by atoms with Crippen molar-refractivity contribution in [2.45, 2.75) is 6.23 Å². The minimum absolute atomic E-state index is 0.155. The molecule has 160 valence electrons. The summed E-state index contributed by atoms with van der Waals surface area (Å²) in [4.78, 5) is 13.4. The Morgan fingerprint density at radius 2 is 1.27 bits per heavy atom. The number of aromatic nitrogens is 1. The first-order valence-corrected chi connectivity index (χ1v) is 10.9. The van der Waals surface area contributed by atoms with Gasteiger partial charge in [-0.15, -0.1) is 5.10 Å². The molecule has 5 heteroatoms. The number of benzene rings is 4. The third-order valence-corrected chi connectivity index (χ3v) is 5.97. The third-order valence-electron chi connectivity index (χ3n) is 5.97. The molecule has 1 aliphatic rings. The van der Waals surface area contributed by atoms with Gasteiger partial charge in [0.25, 0.3) is 5.91 Å². The van der Waals surface area contributed by atoms with Crippen LogP contribution in [0.15, 0.2) is 114 Å². The Balaban J connectivity index is 1.51. The maximum atomic E-state index is 13.4. The van der Waals surface area contributed by atoms with E-state index in [1.54, 1.807) is 0 Å². The molecule has 0 aliphatic carbocycles. The molecule has 0 spiro atoms. The van der Waals surface area contributed by atoms with Gasteiger partial charge in [0, 0.05) is 21.9 Å². The minimum atomic E-state index is -0.435. The zero-order valence-electron chi connectivity index (χ0n) is 17.8. The highest BCUT2D eigenvalue weighted by Crippen LogP contribution is 2.34. The van der Waals surface area contributed by atoms with Crippen LogP contribution >= 0.6 is 0 Å². The van der Waals surface area contributed by atoms with E-state index in [-0.39, 0.29) is 5.91 Å². The average Bonchev–Trinajstić information content (AvgIpc) is 3.23. The number of hydrogen-bond donors (Lipinski definition) is 0. The zero-order valence-corrected chi connectivity index (χ0v) is 17.8. The highest BCUT2D eigenvalue weighted by Gasteiger charge is 2.31. The van der Waals surface area contributed by atoms with Gasteiger partial charge in [0.05, 0.1) is 11.0 Å². The highest BCUT2D eigenvalue weighted by atomic mass is 16.5. The smallest absolute Gasteiger partial charge is 0.274 e. The molecule has 5 nitrogen and oxygen atoms in total. The molecule has 4 aromatic carbocycles. The predicted molar refractivity (Wildman–Crippen MR) is 130 cm³/mol. The predicted octanol–water partition coefficient (Wildman–Crippen LogP) is 5.83. The number of hydrazone groups is 1. The molecule has 1 aromatic heterocycles. The Bertz CT molecular complexity index is 1440. The van der Waals surface area contributed by atoms with Crippen LogP contribution in [0.5, 0.6) is 0 Å². The van der Waals surface area contributed by atoms with Gasteiger partial charge in [-0.2, -0.15) is 0 Å². The molecule has 0 N–H and O–H groups in total. The molecule has 1 amide bonds. The van der Waals surface area contributed by atoms with E-state index >= 15 is 0 Å². The van der Waals surface area contributed by atoms with Gasteiger partial charge in [0.2, 0.25) is 5.90 Å². The van der Waals surface area contributed by atoms with Gasteiger partial charge in [-0.25, -0.2) is 5.01 Å². The minimum Gasteiger partial charge on any atom is -0.450 e. The van der Waals surface area contributed by atoms with Gasteiger partial charge >= 0.3 is 0 Å². The average molecular weight is 431 g/mol. The normalized spacial score (nSPS) is 15.9.